The van der Waals surface area contributed by atoms with Gasteiger partial charge in [0, 0.05) is 12.4 Å². The molecule has 0 N–H and O–H groups in total. The quantitative estimate of drug-likeness (QED) is 0.726. The van der Waals surface area contributed by atoms with Gasteiger partial charge in [-0.3, -0.25) is 0 Å². The second-order valence-electron chi connectivity index (χ2n) is 3.99. The predicted octanol–water partition coefficient (Wildman–Crippen LogP) is 2.24. The van der Waals surface area contributed by atoms with Crippen molar-refractivity contribution in [3.05, 3.63) is 35.8 Å². The number of hydrogen-bond donors (Lipinski definition) is 0. The Morgan fingerprint density at radius 3 is 2.88 bits per heavy atom. The van der Waals surface area contributed by atoms with Gasteiger partial charge in [0.15, 0.2) is 0 Å². The smallest absolute Gasteiger partial charge is 0.338 e. The Labute approximate surface area is 93.9 Å². The van der Waals surface area contributed by atoms with Crippen molar-refractivity contribution in [1.29, 1.82) is 0 Å². The van der Waals surface area contributed by atoms with E-state index in [9.17, 15) is 4.79 Å². The van der Waals surface area contributed by atoms with Gasteiger partial charge in [0.2, 0.25) is 0 Å². The number of nitrogens with zero attached hydrogens (tertiary/aromatic N) is 2. The highest BCUT2D eigenvalue weighted by Crippen LogP contribution is 2.15. The molecule has 0 saturated carbocycles. The van der Waals surface area contributed by atoms with E-state index in [-0.39, 0.29) is 5.97 Å². The summed E-state index contributed by atoms with van der Waals surface area (Å²) in [6, 6.07) is 3.46. The Kier molecular flexibility index (Phi) is 2.64. The minimum absolute atomic E-state index is 0.336. The van der Waals surface area contributed by atoms with Gasteiger partial charge < -0.3 is 9.14 Å². The number of pyridine rings is 1. The Bertz CT molecular complexity index is 529. The maximum atomic E-state index is 11.3. The molecule has 84 valence electrons. The van der Waals surface area contributed by atoms with Crippen LogP contribution >= 0.6 is 0 Å². The fourth-order valence-corrected chi connectivity index (χ4v) is 1.52. The van der Waals surface area contributed by atoms with E-state index in [2.05, 4.69) is 23.6 Å². The van der Waals surface area contributed by atoms with Crippen molar-refractivity contribution in [3.63, 3.8) is 0 Å². The molecule has 0 atom stereocenters. The second kappa shape index (κ2) is 3.96. The number of ether oxygens (including phenoxy) is 1. The maximum absolute atomic E-state index is 11.3. The van der Waals surface area contributed by atoms with Crippen molar-refractivity contribution in [3.8, 4) is 0 Å². The number of carbonyl (C=O) groups excluding carboxylic acids is 1. The summed E-state index contributed by atoms with van der Waals surface area (Å²) in [5.74, 6) is 0.0399. The van der Waals surface area contributed by atoms with Gasteiger partial charge in [-0.1, -0.05) is 13.8 Å². The zero-order chi connectivity index (χ0) is 11.7. The second-order valence-corrected chi connectivity index (χ2v) is 3.99. The lowest BCUT2D eigenvalue weighted by molar-refractivity contribution is 0.0600. The van der Waals surface area contributed by atoms with Crippen LogP contribution in [0.1, 0.15) is 35.8 Å². The lowest BCUT2D eigenvalue weighted by Crippen LogP contribution is -2.01. The molecular formula is C12H14N2O2. The van der Waals surface area contributed by atoms with Gasteiger partial charge >= 0.3 is 5.97 Å². The van der Waals surface area contributed by atoms with Crippen molar-refractivity contribution in [2.24, 2.45) is 0 Å². The van der Waals surface area contributed by atoms with Crippen LogP contribution in [0.15, 0.2) is 24.5 Å². The lowest BCUT2D eigenvalue weighted by atomic mass is 10.2. The zero-order valence-corrected chi connectivity index (χ0v) is 9.60. The van der Waals surface area contributed by atoms with Gasteiger partial charge in [-0.2, -0.15) is 0 Å². The van der Waals surface area contributed by atoms with Crippen LogP contribution in [0.2, 0.25) is 0 Å². The summed E-state index contributed by atoms with van der Waals surface area (Å²) in [5, 5.41) is 0. The number of imidazole rings is 1. The molecule has 0 aliphatic carbocycles. The maximum Gasteiger partial charge on any atom is 0.338 e. The fourth-order valence-electron chi connectivity index (χ4n) is 1.52. The number of esters is 1. The van der Waals surface area contributed by atoms with Crippen molar-refractivity contribution >= 4 is 11.6 Å². The highest BCUT2D eigenvalue weighted by atomic mass is 16.5. The molecule has 16 heavy (non-hydrogen) atoms. The van der Waals surface area contributed by atoms with E-state index in [0.29, 0.717) is 11.5 Å². The molecule has 0 unspecified atom stereocenters. The molecule has 0 bridgehead atoms. The summed E-state index contributed by atoms with van der Waals surface area (Å²) in [6.07, 6.45) is 3.79. The molecule has 0 amide bonds. The van der Waals surface area contributed by atoms with Crippen molar-refractivity contribution in [1.82, 2.24) is 9.38 Å². The van der Waals surface area contributed by atoms with Crippen LogP contribution in [0.3, 0.4) is 0 Å². The van der Waals surface area contributed by atoms with Gasteiger partial charge in [-0.15, -0.1) is 0 Å². The van der Waals surface area contributed by atoms with E-state index >= 15 is 0 Å². The number of hydrogen-bond acceptors (Lipinski definition) is 3. The largest absolute Gasteiger partial charge is 0.465 e. The molecule has 0 aliphatic rings. The molecule has 2 rings (SSSR count). The van der Waals surface area contributed by atoms with Crippen LogP contribution in [0.25, 0.3) is 5.65 Å². The predicted molar refractivity (Wildman–Crippen MR) is 60.6 cm³/mol. The van der Waals surface area contributed by atoms with Crippen LogP contribution in [-0.4, -0.2) is 22.5 Å². The third-order valence-electron chi connectivity index (χ3n) is 2.49. The monoisotopic (exact) mass is 218 g/mol. The third kappa shape index (κ3) is 1.78. The van der Waals surface area contributed by atoms with E-state index < -0.39 is 0 Å². The van der Waals surface area contributed by atoms with E-state index in [4.69, 9.17) is 0 Å². The van der Waals surface area contributed by atoms with Gasteiger partial charge in [0.05, 0.1) is 18.4 Å². The van der Waals surface area contributed by atoms with Gasteiger partial charge in [-0.25, -0.2) is 9.78 Å². The molecule has 0 saturated heterocycles. The molecule has 2 aromatic rings. The first-order valence-corrected chi connectivity index (χ1v) is 5.19. The molecule has 0 spiro atoms. The standard InChI is InChI=1S/C12H14N2O2/c1-8(2)10-7-14-5-4-9(12(15)16-3)6-11(14)13-10/h4-8H,1-3H3. The lowest BCUT2D eigenvalue weighted by Gasteiger charge is -1.98. The zero-order valence-electron chi connectivity index (χ0n) is 9.60. The van der Waals surface area contributed by atoms with Crippen molar-refractivity contribution < 1.29 is 9.53 Å². The Hall–Kier alpha value is -1.84. The topological polar surface area (TPSA) is 43.6 Å². The van der Waals surface area contributed by atoms with E-state index in [0.717, 1.165) is 11.3 Å². The van der Waals surface area contributed by atoms with Gasteiger partial charge in [0.25, 0.3) is 0 Å². The van der Waals surface area contributed by atoms with Crippen LogP contribution in [0.5, 0.6) is 0 Å². The Balaban J connectivity index is 2.49. The Morgan fingerprint density at radius 2 is 2.25 bits per heavy atom. The highest BCUT2D eigenvalue weighted by molar-refractivity contribution is 5.90. The molecule has 0 radical (unpaired) electrons. The summed E-state index contributed by atoms with van der Waals surface area (Å²) in [7, 11) is 1.37. The normalized spacial score (nSPS) is 11.0. The van der Waals surface area contributed by atoms with Crippen LogP contribution in [-0.2, 0) is 4.74 Å². The summed E-state index contributed by atoms with van der Waals surface area (Å²) in [6.45, 7) is 4.17. The minimum atomic E-state index is -0.336. The average Bonchev–Trinajstić information content (AvgIpc) is 2.70. The fraction of sp³-hybridized carbons (Fsp3) is 0.333. The van der Waals surface area contributed by atoms with E-state index in [1.54, 1.807) is 12.1 Å². The van der Waals surface area contributed by atoms with Crippen LogP contribution < -0.4 is 0 Å². The summed E-state index contributed by atoms with van der Waals surface area (Å²) in [4.78, 5) is 15.8. The number of rotatable bonds is 2. The molecule has 2 aromatic heterocycles. The van der Waals surface area contributed by atoms with Gasteiger partial charge in [-0.05, 0) is 18.1 Å². The molecule has 0 aromatic carbocycles. The molecule has 0 fully saturated rings. The minimum Gasteiger partial charge on any atom is -0.465 e. The third-order valence-corrected chi connectivity index (χ3v) is 2.49. The first kappa shape index (κ1) is 10.7. The van der Waals surface area contributed by atoms with Crippen LogP contribution in [0.4, 0.5) is 0 Å². The van der Waals surface area contributed by atoms with Crippen molar-refractivity contribution in [2.75, 3.05) is 7.11 Å². The number of aromatic nitrogens is 2. The SMILES string of the molecule is COC(=O)c1ccn2cc(C(C)C)nc2c1. The Morgan fingerprint density at radius 1 is 1.50 bits per heavy atom. The summed E-state index contributed by atoms with van der Waals surface area (Å²) >= 11 is 0. The molecule has 2 heterocycles. The molecular weight excluding hydrogens is 204 g/mol. The van der Waals surface area contributed by atoms with Crippen LogP contribution in [0, 0.1) is 0 Å². The molecule has 4 nitrogen and oxygen atoms in total. The molecule has 0 aliphatic heterocycles. The first-order valence-electron chi connectivity index (χ1n) is 5.19. The number of methoxy groups -OCH3 is 1. The van der Waals surface area contributed by atoms with Gasteiger partial charge in [0.1, 0.15) is 5.65 Å². The van der Waals surface area contributed by atoms with Crippen molar-refractivity contribution in [2.45, 2.75) is 19.8 Å². The number of fused-ring (bicyclic) bond motifs is 1. The average molecular weight is 218 g/mol. The highest BCUT2D eigenvalue weighted by Gasteiger charge is 2.09. The molecule has 4 heteroatoms. The first-order chi connectivity index (χ1) is 7.61. The summed E-state index contributed by atoms with van der Waals surface area (Å²) < 4.78 is 6.57. The van der Waals surface area contributed by atoms with E-state index in [1.807, 2.05) is 16.8 Å². The van der Waals surface area contributed by atoms with E-state index in [1.165, 1.54) is 7.11 Å². The number of carbonyl (C=O) groups is 1. The summed E-state index contributed by atoms with van der Waals surface area (Å²) in [5.41, 5.74) is 2.31.